The van der Waals surface area contributed by atoms with Gasteiger partial charge >= 0.3 is 0 Å². The second kappa shape index (κ2) is 10.7. The molecular formula is C23H24ClFN4O2. The summed E-state index contributed by atoms with van der Waals surface area (Å²) in [6.07, 6.45) is 3.75. The Morgan fingerprint density at radius 2 is 1.87 bits per heavy atom. The zero-order chi connectivity index (χ0) is 22.2. The van der Waals surface area contributed by atoms with Gasteiger partial charge in [0.25, 0.3) is 5.91 Å². The normalized spacial score (nSPS) is 10.7. The molecule has 0 spiro atoms. The summed E-state index contributed by atoms with van der Waals surface area (Å²) in [5.74, 6) is -1.10. The molecule has 0 aliphatic rings. The lowest BCUT2D eigenvalue weighted by Crippen LogP contribution is -2.31. The molecule has 0 saturated heterocycles. The van der Waals surface area contributed by atoms with Gasteiger partial charge in [-0.15, -0.1) is 0 Å². The minimum Gasteiger partial charge on any atom is -0.356 e. The Hall–Kier alpha value is -3.19. The monoisotopic (exact) mass is 442 g/mol. The Balaban J connectivity index is 1.36. The third-order valence-corrected chi connectivity index (χ3v) is 5.09. The molecule has 3 rings (SSSR count). The summed E-state index contributed by atoms with van der Waals surface area (Å²) in [6, 6.07) is 13.5. The van der Waals surface area contributed by atoms with Gasteiger partial charge in [-0.3, -0.25) is 9.59 Å². The molecule has 2 N–H and O–H groups in total. The highest BCUT2D eigenvalue weighted by Gasteiger charge is 2.11. The van der Waals surface area contributed by atoms with Crippen molar-refractivity contribution in [3.05, 3.63) is 82.4 Å². The minimum absolute atomic E-state index is 0.0350. The van der Waals surface area contributed by atoms with E-state index in [-0.39, 0.29) is 29.5 Å². The Labute approximate surface area is 185 Å². The standard InChI is InChI=1S/C23H24ClFN4O2/c1-16-17(15-29(28-16)19-7-3-2-4-8-19)6-5-12-26-22(30)11-13-27-23(31)20-10-9-18(25)14-21(20)24/h2-4,7-10,14-15H,5-6,11-13H2,1H3,(H,26,30)(H,27,31). The van der Waals surface area contributed by atoms with Crippen LogP contribution in [-0.2, 0) is 11.2 Å². The van der Waals surface area contributed by atoms with Crippen LogP contribution in [-0.4, -0.2) is 34.7 Å². The molecule has 0 aliphatic carbocycles. The van der Waals surface area contributed by atoms with E-state index in [2.05, 4.69) is 15.7 Å². The van der Waals surface area contributed by atoms with Crippen LogP contribution in [0.5, 0.6) is 0 Å². The number of para-hydroxylation sites is 1. The predicted molar refractivity (Wildman–Crippen MR) is 118 cm³/mol. The van der Waals surface area contributed by atoms with Crippen LogP contribution < -0.4 is 10.6 Å². The molecule has 0 radical (unpaired) electrons. The first kappa shape index (κ1) is 22.5. The molecule has 0 atom stereocenters. The highest BCUT2D eigenvalue weighted by Crippen LogP contribution is 2.17. The number of aromatic nitrogens is 2. The summed E-state index contributed by atoms with van der Waals surface area (Å²) in [7, 11) is 0. The highest BCUT2D eigenvalue weighted by atomic mass is 35.5. The Kier molecular flexibility index (Phi) is 7.78. The molecule has 1 heterocycles. The van der Waals surface area contributed by atoms with Crippen molar-refractivity contribution in [2.45, 2.75) is 26.2 Å². The van der Waals surface area contributed by atoms with Gasteiger partial charge in [0.15, 0.2) is 0 Å². The number of aryl methyl sites for hydroxylation is 2. The maximum absolute atomic E-state index is 13.1. The van der Waals surface area contributed by atoms with Crippen molar-refractivity contribution in [2.75, 3.05) is 13.1 Å². The molecule has 31 heavy (non-hydrogen) atoms. The molecule has 162 valence electrons. The molecule has 0 fully saturated rings. The Morgan fingerprint density at radius 1 is 1.10 bits per heavy atom. The summed E-state index contributed by atoms with van der Waals surface area (Å²) in [4.78, 5) is 24.0. The third kappa shape index (κ3) is 6.39. The fraction of sp³-hybridized carbons (Fsp3) is 0.261. The lowest BCUT2D eigenvalue weighted by molar-refractivity contribution is -0.120. The zero-order valence-electron chi connectivity index (χ0n) is 17.2. The lowest BCUT2D eigenvalue weighted by Gasteiger charge is -2.08. The van der Waals surface area contributed by atoms with Crippen LogP contribution in [0, 0.1) is 12.7 Å². The van der Waals surface area contributed by atoms with Crippen molar-refractivity contribution in [1.29, 1.82) is 0 Å². The quantitative estimate of drug-likeness (QED) is 0.494. The minimum atomic E-state index is -0.511. The Bertz CT molecular complexity index is 1050. The van der Waals surface area contributed by atoms with Gasteiger partial charge in [-0.05, 0) is 55.7 Å². The zero-order valence-corrected chi connectivity index (χ0v) is 18.0. The van der Waals surface area contributed by atoms with E-state index in [0.717, 1.165) is 35.9 Å². The largest absolute Gasteiger partial charge is 0.356 e. The van der Waals surface area contributed by atoms with Crippen LogP contribution in [0.3, 0.4) is 0 Å². The highest BCUT2D eigenvalue weighted by molar-refractivity contribution is 6.33. The van der Waals surface area contributed by atoms with E-state index in [1.54, 1.807) is 0 Å². The summed E-state index contributed by atoms with van der Waals surface area (Å²) in [5.41, 5.74) is 3.29. The fourth-order valence-electron chi connectivity index (χ4n) is 3.11. The predicted octanol–water partition coefficient (Wildman–Crippen LogP) is 3.84. The fourth-order valence-corrected chi connectivity index (χ4v) is 3.36. The van der Waals surface area contributed by atoms with E-state index in [9.17, 15) is 14.0 Å². The number of hydrogen-bond acceptors (Lipinski definition) is 3. The van der Waals surface area contributed by atoms with Crippen LogP contribution in [0.15, 0.2) is 54.7 Å². The first-order valence-corrected chi connectivity index (χ1v) is 10.4. The second-order valence-corrected chi connectivity index (χ2v) is 7.51. The van der Waals surface area contributed by atoms with Crippen molar-refractivity contribution in [1.82, 2.24) is 20.4 Å². The van der Waals surface area contributed by atoms with Gasteiger partial charge in [-0.1, -0.05) is 29.8 Å². The first-order valence-electron chi connectivity index (χ1n) is 10.0. The number of nitrogens with zero attached hydrogens (tertiary/aromatic N) is 2. The molecule has 2 aromatic carbocycles. The number of halogens is 2. The van der Waals surface area contributed by atoms with Crippen molar-refractivity contribution in [3.63, 3.8) is 0 Å². The molecule has 2 amide bonds. The number of rotatable bonds is 9. The first-order chi connectivity index (χ1) is 14.9. The van der Waals surface area contributed by atoms with Crippen molar-refractivity contribution >= 4 is 23.4 Å². The van der Waals surface area contributed by atoms with Crippen LogP contribution >= 0.6 is 11.6 Å². The van der Waals surface area contributed by atoms with Gasteiger partial charge in [0.2, 0.25) is 5.91 Å². The molecule has 0 bridgehead atoms. The van der Waals surface area contributed by atoms with Crippen LogP contribution in [0.4, 0.5) is 4.39 Å². The number of carbonyl (C=O) groups is 2. The van der Waals surface area contributed by atoms with E-state index >= 15 is 0 Å². The molecule has 8 heteroatoms. The molecule has 1 aromatic heterocycles. The smallest absolute Gasteiger partial charge is 0.252 e. The van der Waals surface area contributed by atoms with Crippen molar-refractivity contribution in [2.24, 2.45) is 0 Å². The molecule has 0 aliphatic heterocycles. The van der Waals surface area contributed by atoms with Gasteiger partial charge in [-0.25, -0.2) is 9.07 Å². The molecule has 3 aromatic rings. The molecule has 6 nitrogen and oxygen atoms in total. The summed E-state index contributed by atoms with van der Waals surface area (Å²) < 4.78 is 14.9. The van der Waals surface area contributed by atoms with E-state index in [1.807, 2.05) is 48.1 Å². The van der Waals surface area contributed by atoms with E-state index in [4.69, 9.17) is 11.6 Å². The number of nitrogens with one attached hydrogen (secondary N) is 2. The van der Waals surface area contributed by atoms with Crippen molar-refractivity contribution < 1.29 is 14.0 Å². The van der Waals surface area contributed by atoms with Gasteiger partial charge in [0.05, 0.1) is 22.0 Å². The topological polar surface area (TPSA) is 76.0 Å². The number of amides is 2. The van der Waals surface area contributed by atoms with Gasteiger partial charge in [0.1, 0.15) is 5.82 Å². The van der Waals surface area contributed by atoms with E-state index < -0.39 is 11.7 Å². The average molecular weight is 443 g/mol. The summed E-state index contributed by atoms with van der Waals surface area (Å²) in [6.45, 7) is 2.68. The van der Waals surface area contributed by atoms with E-state index in [0.29, 0.717) is 6.54 Å². The van der Waals surface area contributed by atoms with E-state index in [1.165, 1.54) is 12.1 Å². The Morgan fingerprint density at radius 3 is 2.61 bits per heavy atom. The molecule has 0 unspecified atom stereocenters. The molecular weight excluding hydrogens is 419 g/mol. The maximum Gasteiger partial charge on any atom is 0.252 e. The van der Waals surface area contributed by atoms with Gasteiger partial charge in [0, 0.05) is 25.7 Å². The van der Waals surface area contributed by atoms with Gasteiger partial charge in [-0.2, -0.15) is 5.10 Å². The number of carbonyl (C=O) groups excluding carboxylic acids is 2. The third-order valence-electron chi connectivity index (χ3n) is 4.78. The van der Waals surface area contributed by atoms with Crippen molar-refractivity contribution in [3.8, 4) is 5.69 Å². The van der Waals surface area contributed by atoms with Crippen LogP contribution in [0.1, 0.15) is 34.5 Å². The molecule has 0 saturated carbocycles. The summed E-state index contributed by atoms with van der Waals surface area (Å²) in [5, 5.41) is 10.0. The number of benzene rings is 2. The van der Waals surface area contributed by atoms with Crippen LogP contribution in [0.2, 0.25) is 5.02 Å². The average Bonchev–Trinajstić information content (AvgIpc) is 3.12. The summed E-state index contributed by atoms with van der Waals surface area (Å²) >= 11 is 5.86. The van der Waals surface area contributed by atoms with Crippen LogP contribution in [0.25, 0.3) is 5.69 Å². The lowest BCUT2D eigenvalue weighted by atomic mass is 10.1. The maximum atomic E-state index is 13.1. The number of hydrogen-bond donors (Lipinski definition) is 2. The van der Waals surface area contributed by atoms with Gasteiger partial charge < -0.3 is 10.6 Å². The SMILES string of the molecule is Cc1nn(-c2ccccc2)cc1CCCNC(=O)CCNC(=O)c1ccc(F)cc1Cl. The second-order valence-electron chi connectivity index (χ2n) is 7.10.